The number of aliphatic hydroxyl groups is 1. The van der Waals surface area contributed by atoms with Crippen molar-refractivity contribution >= 4 is 22.6 Å². The van der Waals surface area contributed by atoms with E-state index in [9.17, 15) is 5.11 Å². The van der Waals surface area contributed by atoms with E-state index in [2.05, 4.69) is 31.0 Å². The van der Waals surface area contributed by atoms with Crippen LogP contribution in [0.25, 0.3) is 11.0 Å². The quantitative estimate of drug-likeness (QED) is 0.708. The number of rotatable bonds is 6. The number of aromatic nitrogens is 2. The monoisotopic (exact) mass is 358 g/mol. The Labute approximate surface area is 153 Å². The highest BCUT2D eigenvalue weighted by atomic mass is 35.5. The van der Waals surface area contributed by atoms with Gasteiger partial charge in [0.15, 0.2) is 0 Å². The summed E-state index contributed by atoms with van der Waals surface area (Å²) in [5, 5.41) is 11.1. The highest BCUT2D eigenvalue weighted by molar-refractivity contribution is 6.30. The standard InChI is InChI=1S/C20H23ClN2O2/c1-13-8-19-20(9-14(13)2)23(12-22-19)10-18(24)11-25-15(3)16-4-6-17(21)7-5-16/h4-9,12,15,18,24H,10-11H2,1-3H3/t15-,18-/m0/s1. The van der Waals surface area contributed by atoms with E-state index in [1.165, 1.54) is 11.1 Å². The van der Waals surface area contributed by atoms with Gasteiger partial charge in [0, 0.05) is 5.02 Å². The zero-order valence-corrected chi connectivity index (χ0v) is 15.5. The third-order valence-corrected chi connectivity index (χ3v) is 4.77. The number of ether oxygens (including phenoxy) is 1. The van der Waals surface area contributed by atoms with Crippen molar-refractivity contribution in [3.63, 3.8) is 0 Å². The summed E-state index contributed by atoms with van der Waals surface area (Å²) in [5.41, 5.74) is 5.46. The molecule has 0 aliphatic carbocycles. The van der Waals surface area contributed by atoms with Crippen LogP contribution in [0.3, 0.4) is 0 Å². The van der Waals surface area contributed by atoms with Gasteiger partial charge in [0.25, 0.3) is 0 Å². The third kappa shape index (κ3) is 4.21. The average Bonchev–Trinajstić information content (AvgIpc) is 2.95. The van der Waals surface area contributed by atoms with Crippen molar-refractivity contribution in [2.45, 2.75) is 39.5 Å². The van der Waals surface area contributed by atoms with Crippen LogP contribution in [0, 0.1) is 13.8 Å². The molecule has 3 rings (SSSR count). The maximum absolute atomic E-state index is 10.3. The number of hydrogen-bond donors (Lipinski definition) is 1. The predicted molar refractivity (Wildman–Crippen MR) is 101 cm³/mol. The van der Waals surface area contributed by atoms with Gasteiger partial charge in [0.2, 0.25) is 0 Å². The number of benzene rings is 2. The normalized spacial score (nSPS) is 14.0. The molecule has 132 valence electrons. The Morgan fingerprint density at radius 3 is 2.56 bits per heavy atom. The lowest BCUT2D eigenvalue weighted by Gasteiger charge is -2.17. The van der Waals surface area contributed by atoms with Gasteiger partial charge in [0.05, 0.1) is 42.7 Å². The summed E-state index contributed by atoms with van der Waals surface area (Å²) in [5.74, 6) is 0. The van der Waals surface area contributed by atoms with Gasteiger partial charge in [-0.1, -0.05) is 23.7 Å². The van der Waals surface area contributed by atoms with Gasteiger partial charge in [-0.25, -0.2) is 4.98 Å². The van der Waals surface area contributed by atoms with E-state index < -0.39 is 6.10 Å². The van der Waals surface area contributed by atoms with Crippen molar-refractivity contribution in [3.05, 3.63) is 64.4 Å². The number of nitrogens with zero attached hydrogens (tertiary/aromatic N) is 2. The molecule has 0 fully saturated rings. The van der Waals surface area contributed by atoms with Crippen LogP contribution in [0.15, 0.2) is 42.7 Å². The van der Waals surface area contributed by atoms with Crippen LogP contribution < -0.4 is 0 Å². The molecular formula is C20H23ClN2O2. The van der Waals surface area contributed by atoms with Gasteiger partial charge >= 0.3 is 0 Å². The number of aryl methyl sites for hydroxylation is 2. The molecule has 0 saturated carbocycles. The molecule has 0 aliphatic rings. The van der Waals surface area contributed by atoms with E-state index in [4.69, 9.17) is 16.3 Å². The first-order chi connectivity index (χ1) is 11.9. The molecule has 0 spiro atoms. The lowest BCUT2D eigenvalue weighted by atomic mass is 10.1. The lowest BCUT2D eigenvalue weighted by molar-refractivity contribution is -0.00834. The van der Waals surface area contributed by atoms with Gasteiger partial charge in [-0.2, -0.15) is 0 Å². The maximum Gasteiger partial charge on any atom is 0.0959 e. The molecule has 5 heteroatoms. The van der Waals surface area contributed by atoms with Crippen molar-refractivity contribution in [2.75, 3.05) is 6.61 Å². The largest absolute Gasteiger partial charge is 0.389 e. The minimum absolute atomic E-state index is 0.101. The van der Waals surface area contributed by atoms with E-state index in [1.807, 2.05) is 35.8 Å². The second kappa shape index (κ2) is 7.56. The Kier molecular flexibility index (Phi) is 5.42. The fourth-order valence-corrected chi connectivity index (χ4v) is 2.95. The molecule has 1 N–H and O–H groups in total. The average molecular weight is 359 g/mol. The molecule has 0 radical (unpaired) electrons. The first-order valence-corrected chi connectivity index (χ1v) is 8.79. The zero-order chi connectivity index (χ0) is 18.0. The van der Waals surface area contributed by atoms with Crippen molar-refractivity contribution in [2.24, 2.45) is 0 Å². The summed E-state index contributed by atoms with van der Waals surface area (Å²) >= 11 is 5.90. The van der Waals surface area contributed by atoms with Gasteiger partial charge in [0.1, 0.15) is 0 Å². The minimum atomic E-state index is -0.603. The van der Waals surface area contributed by atoms with Gasteiger partial charge < -0.3 is 14.4 Å². The second-order valence-corrected chi connectivity index (χ2v) is 6.94. The van der Waals surface area contributed by atoms with E-state index >= 15 is 0 Å². The summed E-state index contributed by atoms with van der Waals surface area (Å²) in [6, 6.07) is 11.8. The van der Waals surface area contributed by atoms with Crippen LogP contribution in [0.1, 0.15) is 29.7 Å². The molecular weight excluding hydrogens is 336 g/mol. The summed E-state index contributed by atoms with van der Waals surface area (Å²) < 4.78 is 7.78. The van der Waals surface area contributed by atoms with Gasteiger partial charge in [-0.15, -0.1) is 0 Å². The molecule has 1 aromatic heterocycles. The molecule has 0 aliphatic heterocycles. The first kappa shape index (κ1) is 17.9. The molecule has 0 amide bonds. The Morgan fingerprint density at radius 2 is 1.84 bits per heavy atom. The summed E-state index contributed by atoms with van der Waals surface area (Å²) in [6.45, 7) is 6.84. The highest BCUT2D eigenvalue weighted by Gasteiger charge is 2.13. The number of imidazole rings is 1. The van der Waals surface area contributed by atoms with E-state index in [0.717, 1.165) is 16.6 Å². The van der Waals surface area contributed by atoms with E-state index in [0.29, 0.717) is 11.6 Å². The minimum Gasteiger partial charge on any atom is -0.389 e. The molecule has 2 atom stereocenters. The highest BCUT2D eigenvalue weighted by Crippen LogP contribution is 2.21. The molecule has 3 aromatic rings. The number of aliphatic hydroxyl groups excluding tert-OH is 1. The summed E-state index contributed by atoms with van der Waals surface area (Å²) in [4.78, 5) is 4.42. The summed E-state index contributed by atoms with van der Waals surface area (Å²) in [6.07, 6.45) is 1.07. The maximum atomic E-state index is 10.3. The third-order valence-electron chi connectivity index (χ3n) is 4.52. The van der Waals surface area contributed by atoms with Crippen molar-refractivity contribution in [3.8, 4) is 0 Å². The number of halogens is 1. The first-order valence-electron chi connectivity index (χ1n) is 8.41. The molecule has 0 unspecified atom stereocenters. The van der Waals surface area contributed by atoms with Crippen LogP contribution in [0.2, 0.25) is 5.02 Å². The molecule has 1 heterocycles. The zero-order valence-electron chi connectivity index (χ0n) is 14.7. The van der Waals surface area contributed by atoms with Crippen LogP contribution in [-0.4, -0.2) is 27.4 Å². The van der Waals surface area contributed by atoms with Gasteiger partial charge in [-0.05, 0) is 61.7 Å². The van der Waals surface area contributed by atoms with Gasteiger partial charge in [-0.3, -0.25) is 0 Å². The van der Waals surface area contributed by atoms with Crippen molar-refractivity contribution in [1.29, 1.82) is 0 Å². The summed E-state index contributed by atoms with van der Waals surface area (Å²) in [7, 11) is 0. The van der Waals surface area contributed by atoms with E-state index in [1.54, 1.807) is 6.33 Å². The second-order valence-electron chi connectivity index (χ2n) is 6.50. The van der Waals surface area contributed by atoms with Crippen molar-refractivity contribution in [1.82, 2.24) is 9.55 Å². The van der Waals surface area contributed by atoms with Crippen LogP contribution >= 0.6 is 11.6 Å². The van der Waals surface area contributed by atoms with Crippen LogP contribution in [-0.2, 0) is 11.3 Å². The van der Waals surface area contributed by atoms with E-state index in [-0.39, 0.29) is 12.7 Å². The topological polar surface area (TPSA) is 47.3 Å². The molecule has 0 bridgehead atoms. The Bertz CT molecular complexity index is 858. The van der Waals surface area contributed by atoms with Crippen LogP contribution in [0.5, 0.6) is 0 Å². The Hall–Kier alpha value is -1.88. The number of hydrogen-bond acceptors (Lipinski definition) is 3. The number of fused-ring (bicyclic) bond motifs is 1. The predicted octanol–water partition coefficient (Wildman–Crippen LogP) is 4.45. The molecule has 0 saturated heterocycles. The Morgan fingerprint density at radius 1 is 1.16 bits per heavy atom. The lowest BCUT2D eigenvalue weighted by Crippen LogP contribution is -2.22. The molecule has 2 aromatic carbocycles. The fraction of sp³-hybridized carbons (Fsp3) is 0.350. The molecule has 4 nitrogen and oxygen atoms in total. The smallest absolute Gasteiger partial charge is 0.0959 e. The van der Waals surface area contributed by atoms with Crippen LogP contribution in [0.4, 0.5) is 0 Å². The SMILES string of the molecule is Cc1cc2ncn(C[C@H](O)CO[C@@H](C)c3ccc(Cl)cc3)c2cc1C. The molecule has 25 heavy (non-hydrogen) atoms. The fourth-order valence-electron chi connectivity index (χ4n) is 2.82. The van der Waals surface area contributed by atoms with Crippen molar-refractivity contribution < 1.29 is 9.84 Å². The Balaban J connectivity index is 1.62.